The van der Waals surface area contributed by atoms with Crippen molar-refractivity contribution in [2.75, 3.05) is 18.9 Å². The van der Waals surface area contributed by atoms with Crippen LogP contribution in [0.2, 0.25) is 0 Å². The van der Waals surface area contributed by atoms with Crippen LogP contribution in [0.1, 0.15) is 38.3 Å². The fourth-order valence-electron chi connectivity index (χ4n) is 4.08. The number of nitro groups is 1. The fourth-order valence-corrected chi connectivity index (χ4v) is 5.43. The first-order valence-corrected chi connectivity index (χ1v) is 10.5. The third-order valence-electron chi connectivity index (χ3n) is 5.62. The van der Waals surface area contributed by atoms with Crippen molar-refractivity contribution in [3.05, 3.63) is 67.8 Å². The molecule has 1 aromatic carbocycles. The summed E-state index contributed by atoms with van der Waals surface area (Å²) >= 11 is 1.63. The highest BCUT2D eigenvalue weighted by Crippen LogP contribution is 2.41. The van der Waals surface area contributed by atoms with E-state index in [1.165, 1.54) is 17.0 Å². The third kappa shape index (κ3) is 3.06. The van der Waals surface area contributed by atoms with Crippen LogP contribution < -0.4 is 10.6 Å². The van der Waals surface area contributed by atoms with Crippen molar-refractivity contribution >= 4 is 27.9 Å². The third-order valence-corrected chi connectivity index (χ3v) is 6.77. The number of likely N-dealkylation sites (N-methyl/N-ethyl adjacent to an activating group) is 1. The molecule has 0 saturated heterocycles. The minimum Gasteiger partial charge on any atom is -0.457 e. The van der Waals surface area contributed by atoms with Gasteiger partial charge in [0.25, 0.3) is 11.6 Å². The number of hydrogen-bond donors (Lipinski definition) is 2. The van der Waals surface area contributed by atoms with E-state index in [2.05, 4.69) is 22.6 Å². The molecule has 8 nitrogen and oxygen atoms in total. The van der Waals surface area contributed by atoms with Gasteiger partial charge < -0.3 is 20.0 Å². The van der Waals surface area contributed by atoms with Crippen LogP contribution in [0.5, 0.6) is 0 Å². The van der Waals surface area contributed by atoms with Gasteiger partial charge in [0.2, 0.25) is 0 Å². The molecule has 9 heteroatoms. The van der Waals surface area contributed by atoms with Gasteiger partial charge in [-0.15, -0.1) is 11.3 Å². The number of carbonyl (C=O) groups is 1. The Morgan fingerprint density at radius 3 is 2.87 bits per heavy atom. The van der Waals surface area contributed by atoms with Crippen molar-refractivity contribution in [1.29, 1.82) is 0 Å². The zero-order chi connectivity index (χ0) is 21.0. The predicted molar refractivity (Wildman–Crippen MR) is 114 cm³/mol. The van der Waals surface area contributed by atoms with Crippen LogP contribution in [0.15, 0.2) is 34.7 Å². The lowest BCUT2D eigenvalue weighted by molar-refractivity contribution is -0.384. The lowest BCUT2D eigenvalue weighted by Gasteiger charge is -2.26. The summed E-state index contributed by atoms with van der Waals surface area (Å²) in [5.74, 6) is 1.11. The first-order valence-electron chi connectivity index (χ1n) is 9.66. The second-order valence-electron chi connectivity index (χ2n) is 7.70. The Morgan fingerprint density at radius 2 is 2.10 bits per heavy atom. The zero-order valence-electron chi connectivity index (χ0n) is 16.5. The predicted octanol–water partition coefficient (Wildman–Crippen LogP) is 4.07. The second-order valence-corrected chi connectivity index (χ2v) is 8.81. The Balaban J connectivity index is 1.43. The van der Waals surface area contributed by atoms with E-state index >= 15 is 0 Å². The molecule has 0 aliphatic carbocycles. The summed E-state index contributed by atoms with van der Waals surface area (Å²) in [5, 5.41) is 18.3. The molecule has 1 unspecified atom stereocenters. The summed E-state index contributed by atoms with van der Waals surface area (Å²) in [6, 6.07) is 8.31. The molecule has 3 aromatic rings. The molecule has 30 heavy (non-hydrogen) atoms. The van der Waals surface area contributed by atoms with Crippen molar-refractivity contribution in [2.24, 2.45) is 0 Å². The maximum Gasteiger partial charge on any atom is 0.269 e. The van der Waals surface area contributed by atoms with Gasteiger partial charge in [-0.2, -0.15) is 0 Å². The van der Waals surface area contributed by atoms with Crippen LogP contribution in [0.25, 0.3) is 11.3 Å². The number of amides is 1. The van der Waals surface area contributed by atoms with Crippen molar-refractivity contribution in [3.8, 4) is 11.3 Å². The largest absolute Gasteiger partial charge is 0.457 e. The van der Waals surface area contributed by atoms with Gasteiger partial charge in [-0.05, 0) is 49.7 Å². The Morgan fingerprint density at radius 1 is 1.27 bits per heavy atom. The van der Waals surface area contributed by atoms with Gasteiger partial charge in [-0.1, -0.05) is 0 Å². The standard InChI is InChI=1S/C21H20N4O4S/c1-11-9-12(25(27)28)3-4-13(11)15-5-6-16(29-15)19-22-20(26)18-14-7-8-24(2)10-17(14)30-21(18)23-19/h3-6,9,19,23H,7-8,10H2,1-2H3,(H,22,26). The van der Waals surface area contributed by atoms with Crippen LogP contribution in [0.4, 0.5) is 10.7 Å². The monoisotopic (exact) mass is 424 g/mol. The van der Waals surface area contributed by atoms with Gasteiger partial charge >= 0.3 is 0 Å². The number of nitrogens with zero attached hydrogens (tertiary/aromatic N) is 2. The van der Waals surface area contributed by atoms with Gasteiger partial charge in [-0.3, -0.25) is 14.9 Å². The first kappa shape index (κ1) is 18.8. The fraction of sp³-hybridized carbons (Fsp3) is 0.286. The van der Waals surface area contributed by atoms with Crippen LogP contribution in [-0.4, -0.2) is 29.3 Å². The molecule has 1 amide bonds. The SMILES string of the molecule is Cc1cc([N+](=O)[O-])ccc1-c1ccc(C2NC(=O)c3c(sc4c3CCN(C)C4)N2)o1. The number of non-ortho nitro benzene ring substituents is 1. The smallest absolute Gasteiger partial charge is 0.269 e. The molecule has 0 bridgehead atoms. The number of nitrogens with one attached hydrogen (secondary N) is 2. The quantitative estimate of drug-likeness (QED) is 0.486. The van der Waals surface area contributed by atoms with Crippen LogP contribution in [0.3, 0.4) is 0 Å². The molecule has 2 aliphatic heterocycles. The number of hydrogen-bond acceptors (Lipinski definition) is 7. The van der Waals surface area contributed by atoms with E-state index in [4.69, 9.17) is 4.42 Å². The number of nitro benzene ring substituents is 1. The molecular weight excluding hydrogens is 404 g/mol. The van der Waals surface area contributed by atoms with Crippen molar-refractivity contribution in [3.63, 3.8) is 0 Å². The molecular formula is C21H20N4O4S. The molecule has 0 spiro atoms. The minimum atomic E-state index is -0.463. The Bertz CT molecular complexity index is 1180. The van der Waals surface area contributed by atoms with Crippen LogP contribution in [-0.2, 0) is 13.0 Å². The van der Waals surface area contributed by atoms with E-state index in [0.29, 0.717) is 11.5 Å². The first-order chi connectivity index (χ1) is 14.4. The number of aryl methyl sites for hydroxylation is 1. The molecule has 5 rings (SSSR count). The van der Waals surface area contributed by atoms with Gasteiger partial charge in [0.05, 0.1) is 10.5 Å². The normalized spacial score (nSPS) is 18.3. The molecule has 2 aromatic heterocycles. The van der Waals surface area contributed by atoms with E-state index in [0.717, 1.165) is 46.8 Å². The lowest BCUT2D eigenvalue weighted by Crippen LogP contribution is -2.38. The average Bonchev–Trinajstić information content (AvgIpc) is 3.32. The highest BCUT2D eigenvalue weighted by atomic mass is 32.1. The summed E-state index contributed by atoms with van der Waals surface area (Å²) in [4.78, 5) is 26.9. The van der Waals surface area contributed by atoms with Crippen molar-refractivity contribution in [2.45, 2.75) is 26.1 Å². The summed E-state index contributed by atoms with van der Waals surface area (Å²) in [6.07, 6.45) is 0.414. The Hall–Kier alpha value is -3.17. The Kier molecular flexibility index (Phi) is 4.37. The number of rotatable bonds is 3. The Labute approximate surface area is 176 Å². The molecule has 2 N–H and O–H groups in total. The molecule has 1 atom stereocenters. The summed E-state index contributed by atoms with van der Waals surface area (Å²) < 4.78 is 6.02. The molecule has 0 fully saturated rings. The minimum absolute atomic E-state index is 0.0454. The number of benzene rings is 1. The van der Waals surface area contributed by atoms with Gasteiger partial charge in [0, 0.05) is 35.7 Å². The molecule has 4 heterocycles. The highest BCUT2D eigenvalue weighted by molar-refractivity contribution is 7.16. The highest BCUT2D eigenvalue weighted by Gasteiger charge is 2.34. The number of anilines is 1. The summed E-state index contributed by atoms with van der Waals surface area (Å²) in [6.45, 7) is 3.62. The van der Waals surface area contributed by atoms with Crippen molar-refractivity contribution in [1.82, 2.24) is 10.2 Å². The molecule has 0 radical (unpaired) electrons. The maximum absolute atomic E-state index is 12.9. The van der Waals surface area contributed by atoms with Crippen molar-refractivity contribution < 1.29 is 14.1 Å². The average molecular weight is 424 g/mol. The topological polar surface area (TPSA) is 101 Å². The molecule has 2 aliphatic rings. The zero-order valence-corrected chi connectivity index (χ0v) is 17.3. The molecule has 154 valence electrons. The lowest BCUT2D eigenvalue weighted by atomic mass is 10.0. The van der Waals surface area contributed by atoms with E-state index in [1.54, 1.807) is 17.4 Å². The van der Waals surface area contributed by atoms with Gasteiger partial charge in [0.15, 0.2) is 6.17 Å². The number of furan rings is 1. The van der Waals surface area contributed by atoms with Crippen LogP contribution >= 0.6 is 11.3 Å². The second kappa shape index (κ2) is 6.96. The maximum atomic E-state index is 12.9. The summed E-state index contributed by atoms with van der Waals surface area (Å²) in [7, 11) is 2.09. The van der Waals surface area contributed by atoms with E-state index in [9.17, 15) is 14.9 Å². The number of thiophene rings is 1. The number of carbonyl (C=O) groups excluding carboxylic acids is 1. The number of fused-ring (bicyclic) bond motifs is 3. The van der Waals surface area contributed by atoms with Gasteiger partial charge in [0.1, 0.15) is 16.5 Å². The van der Waals surface area contributed by atoms with E-state index in [1.807, 2.05) is 19.1 Å². The summed E-state index contributed by atoms with van der Waals surface area (Å²) in [5.41, 5.74) is 3.49. The van der Waals surface area contributed by atoms with E-state index < -0.39 is 11.1 Å². The van der Waals surface area contributed by atoms with E-state index in [-0.39, 0.29) is 11.6 Å². The van der Waals surface area contributed by atoms with Crippen LogP contribution in [0, 0.1) is 17.0 Å². The van der Waals surface area contributed by atoms with Gasteiger partial charge in [-0.25, -0.2) is 0 Å². The molecule has 0 saturated carbocycles.